The van der Waals surface area contributed by atoms with Gasteiger partial charge in [0.2, 0.25) is 0 Å². The van der Waals surface area contributed by atoms with E-state index in [4.69, 9.17) is 9.47 Å². The molecule has 1 aliphatic carbocycles. The number of hydrogen-bond donors (Lipinski definition) is 2. The van der Waals surface area contributed by atoms with Gasteiger partial charge in [-0.15, -0.1) is 0 Å². The lowest BCUT2D eigenvalue weighted by Crippen LogP contribution is -2.45. The smallest absolute Gasteiger partial charge is 0.338 e. The van der Waals surface area contributed by atoms with Gasteiger partial charge in [-0.25, -0.2) is 9.59 Å². The van der Waals surface area contributed by atoms with Crippen LogP contribution in [0.15, 0.2) is 35.5 Å². The van der Waals surface area contributed by atoms with Crippen molar-refractivity contribution < 1.29 is 19.1 Å². The first-order chi connectivity index (χ1) is 13.0. The van der Waals surface area contributed by atoms with Crippen LogP contribution in [-0.4, -0.2) is 24.7 Å². The Morgan fingerprint density at radius 2 is 2.04 bits per heavy atom. The van der Waals surface area contributed by atoms with E-state index in [2.05, 4.69) is 17.6 Å². The normalized spacial score (nSPS) is 25.4. The summed E-state index contributed by atoms with van der Waals surface area (Å²) in [7, 11) is 0. The van der Waals surface area contributed by atoms with E-state index in [1.807, 2.05) is 31.2 Å². The minimum Gasteiger partial charge on any atom is -0.494 e. The Hall–Kier alpha value is -2.50. The SMILES string of the molecule is CCOc1ccccc1[C@@H]1NC(=O)NC(C)=C1C(=O)O[C@@H]1CCC[C@@H](C)C1. The summed E-state index contributed by atoms with van der Waals surface area (Å²) in [6.45, 7) is 6.32. The molecule has 3 atom stereocenters. The highest BCUT2D eigenvalue weighted by Crippen LogP contribution is 2.34. The van der Waals surface area contributed by atoms with E-state index in [-0.39, 0.29) is 18.1 Å². The van der Waals surface area contributed by atoms with Gasteiger partial charge >= 0.3 is 12.0 Å². The van der Waals surface area contributed by atoms with Crippen LogP contribution in [0.3, 0.4) is 0 Å². The number of esters is 1. The molecule has 0 aromatic heterocycles. The van der Waals surface area contributed by atoms with Crippen LogP contribution in [-0.2, 0) is 9.53 Å². The highest BCUT2D eigenvalue weighted by molar-refractivity contribution is 5.95. The number of para-hydroxylation sites is 1. The maximum atomic E-state index is 13.0. The largest absolute Gasteiger partial charge is 0.494 e. The van der Waals surface area contributed by atoms with E-state index >= 15 is 0 Å². The zero-order valence-electron chi connectivity index (χ0n) is 16.2. The molecule has 0 unspecified atom stereocenters. The summed E-state index contributed by atoms with van der Waals surface area (Å²) >= 11 is 0. The molecule has 0 spiro atoms. The van der Waals surface area contributed by atoms with E-state index in [0.717, 1.165) is 24.8 Å². The fraction of sp³-hybridized carbons (Fsp3) is 0.524. The van der Waals surface area contributed by atoms with Crippen molar-refractivity contribution >= 4 is 12.0 Å². The van der Waals surface area contributed by atoms with Crippen LogP contribution < -0.4 is 15.4 Å². The summed E-state index contributed by atoms with van der Waals surface area (Å²) < 4.78 is 11.5. The van der Waals surface area contributed by atoms with Crippen LogP contribution in [0.25, 0.3) is 0 Å². The molecule has 1 aliphatic heterocycles. The van der Waals surface area contributed by atoms with Crippen LogP contribution in [0.2, 0.25) is 0 Å². The fourth-order valence-corrected chi connectivity index (χ4v) is 3.90. The monoisotopic (exact) mass is 372 g/mol. The first-order valence-corrected chi connectivity index (χ1v) is 9.70. The topological polar surface area (TPSA) is 76.7 Å². The molecule has 6 nitrogen and oxygen atoms in total. The molecule has 0 saturated heterocycles. The molecule has 2 amide bonds. The van der Waals surface area contributed by atoms with E-state index in [9.17, 15) is 9.59 Å². The third kappa shape index (κ3) is 4.43. The number of carbonyl (C=O) groups excluding carboxylic acids is 2. The van der Waals surface area contributed by atoms with E-state index in [0.29, 0.717) is 29.5 Å². The molecule has 0 bridgehead atoms. The Bertz CT molecular complexity index is 743. The standard InChI is InChI=1S/C21H28N2O4/c1-4-26-17-11-6-5-10-16(17)19-18(14(3)22-21(25)23-19)20(24)27-15-9-7-8-13(2)12-15/h5-6,10-11,13,15,19H,4,7-9,12H2,1-3H3,(H2,22,23,25)/t13-,15-,19+/m1/s1. The second kappa shape index (κ2) is 8.46. The van der Waals surface area contributed by atoms with E-state index < -0.39 is 6.04 Å². The maximum Gasteiger partial charge on any atom is 0.338 e. The zero-order valence-corrected chi connectivity index (χ0v) is 16.2. The lowest BCUT2D eigenvalue weighted by molar-refractivity contribution is -0.146. The Kier molecular flexibility index (Phi) is 6.04. The minimum absolute atomic E-state index is 0.0676. The molecule has 2 N–H and O–H groups in total. The van der Waals surface area contributed by atoms with Crippen molar-refractivity contribution in [1.29, 1.82) is 0 Å². The summed E-state index contributed by atoms with van der Waals surface area (Å²) in [5, 5.41) is 5.55. The van der Waals surface area contributed by atoms with Gasteiger partial charge in [-0.2, -0.15) is 0 Å². The zero-order chi connectivity index (χ0) is 19.4. The lowest BCUT2D eigenvalue weighted by Gasteiger charge is -2.31. The van der Waals surface area contributed by atoms with Gasteiger partial charge in [0.15, 0.2) is 0 Å². The fourth-order valence-electron chi connectivity index (χ4n) is 3.90. The number of hydrogen-bond acceptors (Lipinski definition) is 4. The van der Waals surface area contributed by atoms with Crippen molar-refractivity contribution in [1.82, 2.24) is 10.6 Å². The third-order valence-electron chi connectivity index (χ3n) is 5.18. The Morgan fingerprint density at radius 1 is 1.26 bits per heavy atom. The molecule has 1 heterocycles. The number of nitrogens with one attached hydrogen (secondary N) is 2. The number of ether oxygens (including phenoxy) is 2. The van der Waals surface area contributed by atoms with Gasteiger partial charge in [0, 0.05) is 11.3 Å². The van der Waals surface area contributed by atoms with Gasteiger partial charge < -0.3 is 20.1 Å². The average molecular weight is 372 g/mol. The minimum atomic E-state index is -0.602. The van der Waals surface area contributed by atoms with Crippen molar-refractivity contribution in [2.45, 2.75) is 58.6 Å². The number of carbonyl (C=O) groups is 2. The molecule has 146 valence electrons. The van der Waals surface area contributed by atoms with Crippen LogP contribution >= 0.6 is 0 Å². The van der Waals surface area contributed by atoms with Crippen LogP contribution in [0.4, 0.5) is 4.79 Å². The van der Waals surface area contributed by atoms with E-state index in [1.165, 1.54) is 6.42 Å². The van der Waals surface area contributed by atoms with E-state index in [1.54, 1.807) is 6.92 Å². The van der Waals surface area contributed by atoms with Gasteiger partial charge in [-0.05, 0) is 45.1 Å². The summed E-state index contributed by atoms with van der Waals surface area (Å²) in [5.74, 6) is 0.831. The number of rotatable bonds is 5. The van der Waals surface area contributed by atoms with Crippen molar-refractivity contribution in [2.75, 3.05) is 6.61 Å². The van der Waals surface area contributed by atoms with Gasteiger partial charge in [0.05, 0.1) is 18.2 Å². The predicted octanol–water partition coefficient (Wildman–Crippen LogP) is 3.84. The van der Waals surface area contributed by atoms with Gasteiger partial charge in [-0.1, -0.05) is 31.5 Å². The highest BCUT2D eigenvalue weighted by atomic mass is 16.5. The molecular formula is C21H28N2O4. The number of amides is 2. The van der Waals surface area contributed by atoms with Gasteiger partial charge in [0.25, 0.3) is 0 Å². The molecule has 2 aliphatic rings. The van der Waals surface area contributed by atoms with Gasteiger partial charge in [-0.3, -0.25) is 0 Å². The van der Waals surface area contributed by atoms with Gasteiger partial charge in [0.1, 0.15) is 11.9 Å². The Balaban J connectivity index is 1.89. The van der Waals surface area contributed by atoms with Crippen LogP contribution in [0, 0.1) is 5.92 Å². The Labute approximate surface area is 160 Å². The number of allylic oxidation sites excluding steroid dienone is 1. The van der Waals surface area contributed by atoms with Crippen molar-refractivity contribution in [2.24, 2.45) is 5.92 Å². The first-order valence-electron chi connectivity index (χ1n) is 9.70. The molecule has 6 heteroatoms. The number of urea groups is 1. The quantitative estimate of drug-likeness (QED) is 0.770. The van der Waals surface area contributed by atoms with Crippen LogP contribution in [0.1, 0.15) is 58.1 Å². The number of benzene rings is 1. The second-order valence-corrected chi connectivity index (χ2v) is 7.34. The molecule has 27 heavy (non-hydrogen) atoms. The maximum absolute atomic E-state index is 13.0. The molecule has 0 radical (unpaired) electrons. The predicted molar refractivity (Wildman–Crippen MR) is 102 cm³/mol. The molecule has 1 saturated carbocycles. The summed E-state index contributed by atoms with van der Waals surface area (Å²) in [6, 6.07) is 6.50. The first kappa shape index (κ1) is 19.3. The molecule has 1 aromatic carbocycles. The third-order valence-corrected chi connectivity index (χ3v) is 5.18. The Morgan fingerprint density at radius 3 is 2.78 bits per heavy atom. The molecule has 1 aromatic rings. The van der Waals surface area contributed by atoms with Crippen molar-refractivity contribution in [3.63, 3.8) is 0 Å². The summed E-state index contributed by atoms with van der Waals surface area (Å²) in [6.07, 6.45) is 3.96. The van der Waals surface area contributed by atoms with Crippen molar-refractivity contribution in [3.8, 4) is 5.75 Å². The highest BCUT2D eigenvalue weighted by Gasteiger charge is 2.35. The van der Waals surface area contributed by atoms with Crippen molar-refractivity contribution in [3.05, 3.63) is 41.1 Å². The second-order valence-electron chi connectivity index (χ2n) is 7.34. The molecular weight excluding hydrogens is 344 g/mol. The molecule has 3 rings (SSSR count). The molecule has 1 fully saturated rings. The summed E-state index contributed by atoms with van der Waals surface area (Å²) in [5.41, 5.74) is 1.70. The summed E-state index contributed by atoms with van der Waals surface area (Å²) in [4.78, 5) is 25.1. The lowest BCUT2D eigenvalue weighted by atomic mass is 9.88. The average Bonchev–Trinajstić information content (AvgIpc) is 2.61. The van der Waals surface area contributed by atoms with Crippen LogP contribution in [0.5, 0.6) is 5.75 Å².